The summed E-state index contributed by atoms with van der Waals surface area (Å²) < 4.78 is 7.20. The normalized spacial score (nSPS) is 23.1. The van der Waals surface area contributed by atoms with Gasteiger partial charge in [0.25, 0.3) is 0 Å². The average molecular weight is 489 g/mol. The van der Waals surface area contributed by atoms with E-state index in [1.807, 2.05) is 17.5 Å². The number of carbonyl (C=O) groups is 4. The van der Waals surface area contributed by atoms with E-state index in [0.29, 0.717) is 17.8 Å². The smallest absolute Gasteiger partial charge is 0.355 e. The molecule has 182 valence electrons. The molecule has 4 heterocycles. The van der Waals surface area contributed by atoms with Crippen LogP contribution in [0.5, 0.6) is 0 Å². The predicted molar refractivity (Wildman–Crippen MR) is 123 cm³/mol. The van der Waals surface area contributed by atoms with Gasteiger partial charge in [0.2, 0.25) is 12.3 Å². The molecule has 11 heteroatoms. The number of hydrogen-bond acceptors (Lipinski definition) is 8. The monoisotopic (exact) mass is 488 g/mol. The Morgan fingerprint density at radius 1 is 1.38 bits per heavy atom. The minimum Gasteiger partial charge on any atom is -0.453 e. The van der Waals surface area contributed by atoms with Crippen LogP contribution in [0.15, 0.2) is 18.1 Å². The standard InChI is InChI=1S/C23H28N4O6S/c1-11-17(13-8-26-15(6-24-10-28)25-7-16(26)34-13)20(22(32)33-9-14(30)23(3,4)5)27-19(11)18(12(2)29)21(27)31/h7-8,10-12,18-19,29H,6,9H2,1-5H3,(H,24,28)/t11-,12+,18+,19+/m0/s1. The molecule has 1 fully saturated rings. The zero-order chi connectivity index (χ0) is 24.9. The number of ketones is 1. The number of rotatable bonds is 8. The van der Waals surface area contributed by atoms with Crippen molar-refractivity contribution in [2.45, 2.75) is 53.3 Å². The zero-order valence-corrected chi connectivity index (χ0v) is 20.5. The number of β-lactam (4-membered cyclic amide) rings is 1. The third-order valence-electron chi connectivity index (χ3n) is 6.45. The molecule has 10 nitrogen and oxygen atoms in total. The number of esters is 1. The molecule has 0 unspecified atom stereocenters. The van der Waals surface area contributed by atoms with Gasteiger partial charge in [-0.2, -0.15) is 0 Å². The van der Waals surface area contributed by atoms with E-state index < -0.39 is 30.0 Å². The predicted octanol–water partition coefficient (Wildman–Crippen LogP) is 1.37. The van der Waals surface area contributed by atoms with Crippen molar-refractivity contribution in [3.05, 3.63) is 28.8 Å². The summed E-state index contributed by atoms with van der Waals surface area (Å²) in [5.74, 6) is -1.55. The largest absolute Gasteiger partial charge is 0.453 e. The molecule has 2 aromatic heterocycles. The lowest BCUT2D eigenvalue weighted by molar-refractivity contribution is -0.164. The second-order valence-corrected chi connectivity index (χ2v) is 10.8. The summed E-state index contributed by atoms with van der Waals surface area (Å²) >= 11 is 1.40. The number of fused-ring (bicyclic) bond motifs is 2. The topological polar surface area (TPSA) is 130 Å². The molecule has 2 aromatic rings. The second-order valence-electron chi connectivity index (χ2n) is 9.74. The summed E-state index contributed by atoms with van der Waals surface area (Å²) in [5, 5.41) is 12.8. The van der Waals surface area contributed by atoms with E-state index >= 15 is 0 Å². The highest BCUT2D eigenvalue weighted by Crippen LogP contribution is 2.51. The number of aliphatic hydroxyl groups excluding tert-OH is 1. The highest BCUT2D eigenvalue weighted by molar-refractivity contribution is 7.18. The maximum Gasteiger partial charge on any atom is 0.355 e. The van der Waals surface area contributed by atoms with Crippen molar-refractivity contribution in [2.75, 3.05) is 6.61 Å². The Balaban J connectivity index is 1.74. The number of aromatic nitrogens is 2. The molecule has 0 spiro atoms. The minimum absolute atomic E-state index is 0.117. The van der Waals surface area contributed by atoms with E-state index in [4.69, 9.17) is 4.74 Å². The van der Waals surface area contributed by atoms with Gasteiger partial charge in [-0.3, -0.25) is 18.8 Å². The summed E-state index contributed by atoms with van der Waals surface area (Å²) in [5.41, 5.74) is 0.0862. The Labute approximate surface area is 200 Å². The molecule has 34 heavy (non-hydrogen) atoms. The van der Waals surface area contributed by atoms with Gasteiger partial charge >= 0.3 is 5.97 Å². The molecule has 2 aliphatic heterocycles. The van der Waals surface area contributed by atoms with Crippen LogP contribution in [0.25, 0.3) is 10.4 Å². The van der Waals surface area contributed by atoms with Crippen LogP contribution in [0.1, 0.15) is 45.3 Å². The Morgan fingerprint density at radius 3 is 2.71 bits per heavy atom. The molecular weight excluding hydrogens is 460 g/mol. The van der Waals surface area contributed by atoms with E-state index in [1.54, 1.807) is 33.9 Å². The molecule has 0 radical (unpaired) electrons. The highest BCUT2D eigenvalue weighted by Gasteiger charge is 2.60. The van der Waals surface area contributed by atoms with Gasteiger partial charge in [-0.15, -0.1) is 11.3 Å². The van der Waals surface area contributed by atoms with Crippen molar-refractivity contribution in [1.29, 1.82) is 0 Å². The van der Waals surface area contributed by atoms with Gasteiger partial charge in [-0.25, -0.2) is 9.78 Å². The number of aliphatic hydroxyl groups is 1. The van der Waals surface area contributed by atoms with Crippen molar-refractivity contribution in [3.63, 3.8) is 0 Å². The number of ether oxygens (including phenoxy) is 1. The summed E-state index contributed by atoms with van der Waals surface area (Å²) in [7, 11) is 0. The molecule has 0 bridgehead atoms. The van der Waals surface area contributed by atoms with Crippen molar-refractivity contribution >= 4 is 45.8 Å². The summed E-state index contributed by atoms with van der Waals surface area (Å²) in [6.07, 6.45) is 3.23. The SMILES string of the molecule is C[C@@H](O)[C@H]1C(=O)N2C(C(=O)OCC(=O)C(C)(C)C)=C(c3cn4c(CNC=O)ncc4s3)[C@H](C)[C@H]12. The fourth-order valence-corrected chi connectivity index (χ4v) is 5.68. The lowest BCUT2D eigenvalue weighted by Crippen LogP contribution is -2.63. The molecule has 1 saturated heterocycles. The van der Waals surface area contributed by atoms with Crippen molar-refractivity contribution in [1.82, 2.24) is 19.6 Å². The lowest BCUT2D eigenvalue weighted by atomic mass is 9.77. The van der Waals surface area contributed by atoms with Crippen LogP contribution in [-0.2, 0) is 30.5 Å². The number of imidazole rings is 1. The third kappa shape index (κ3) is 3.82. The zero-order valence-electron chi connectivity index (χ0n) is 19.7. The van der Waals surface area contributed by atoms with Gasteiger partial charge < -0.3 is 20.1 Å². The number of Topliss-reactive ketones (excluding diaryl/α,β-unsaturated/α-hetero) is 1. The Morgan fingerprint density at radius 2 is 2.09 bits per heavy atom. The molecule has 4 rings (SSSR count). The number of carbonyl (C=O) groups excluding carboxylic acids is 4. The first-order valence-electron chi connectivity index (χ1n) is 11.1. The summed E-state index contributed by atoms with van der Waals surface area (Å²) in [4.78, 5) is 56.4. The van der Waals surface area contributed by atoms with Gasteiger partial charge in [-0.1, -0.05) is 27.7 Å². The first kappa shape index (κ1) is 24.1. The first-order valence-corrected chi connectivity index (χ1v) is 11.9. The van der Waals surface area contributed by atoms with E-state index in [1.165, 1.54) is 16.2 Å². The molecule has 4 atom stereocenters. The Kier molecular flexibility index (Phi) is 6.11. The fourth-order valence-electron chi connectivity index (χ4n) is 4.54. The molecule has 0 saturated carbocycles. The van der Waals surface area contributed by atoms with Crippen LogP contribution >= 0.6 is 11.3 Å². The highest BCUT2D eigenvalue weighted by atomic mass is 32.1. The Bertz CT molecular complexity index is 1200. The van der Waals surface area contributed by atoms with Crippen LogP contribution in [0.3, 0.4) is 0 Å². The maximum absolute atomic E-state index is 13.2. The number of nitrogens with one attached hydrogen (secondary N) is 1. The molecule has 2 amide bonds. The van der Waals surface area contributed by atoms with E-state index in [2.05, 4.69) is 10.3 Å². The first-order chi connectivity index (χ1) is 16.0. The maximum atomic E-state index is 13.2. The Hall–Kier alpha value is -3.05. The fraction of sp³-hybridized carbons (Fsp3) is 0.522. The van der Waals surface area contributed by atoms with E-state index in [9.17, 15) is 24.3 Å². The second kappa shape index (κ2) is 8.62. The van der Waals surface area contributed by atoms with Crippen LogP contribution in [-0.4, -0.2) is 62.2 Å². The van der Waals surface area contributed by atoms with Crippen LogP contribution in [0, 0.1) is 17.3 Å². The lowest BCUT2D eigenvalue weighted by Gasteiger charge is -2.46. The van der Waals surface area contributed by atoms with Gasteiger partial charge in [0, 0.05) is 23.1 Å². The van der Waals surface area contributed by atoms with Gasteiger partial charge in [0.1, 0.15) is 16.4 Å². The minimum atomic E-state index is -0.862. The summed E-state index contributed by atoms with van der Waals surface area (Å²) in [6, 6.07) is -0.376. The van der Waals surface area contributed by atoms with Gasteiger partial charge in [0.05, 0.1) is 35.7 Å². The van der Waals surface area contributed by atoms with Gasteiger partial charge in [-0.05, 0) is 6.92 Å². The molecule has 0 aromatic carbocycles. The molecule has 2 aliphatic rings. The van der Waals surface area contributed by atoms with Crippen LogP contribution in [0.2, 0.25) is 0 Å². The van der Waals surface area contributed by atoms with Crippen molar-refractivity contribution in [3.8, 4) is 0 Å². The number of amides is 2. The van der Waals surface area contributed by atoms with Crippen LogP contribution in [0.4, 0.5) is 0 Å². The quantitative estimate of drug-likeness (QED) is 0.326. The van der Waals surface area contributed by atoms with Crippen molar-refractivity contribution in [2.24, 2.45) is 17.3 Å². The number of nitrogens with zero attached hydrogens (tertiary/aromatic N) is 3. The third-order valence-corrected chi connectivity index (χ3v) is 7.50. The summed E-state index contributed by atoms with van der Waals surface area (Å²) in [6.45, 7) is 8.56. The number of thiazole rings is 1. The van der Waals surface area contributed by atoms with E-state index in [-0.39, 0.29) is 35.9 Å². The number of hydrogen-bond donors (Lipinski definition) is 2. The molecular formula is C23H28N4O6S. The molecule has 2 N–H and O–H groups in total. The average Bonchev–Trinajstić information content (AvgIpc) is 3.39. The van der Waals surface area contributed by atoms with Crippen LogP contribution < -0.4 is 5.32 Å². The van der Waals surface area contributed by atoms with Crippen molar-refractivity contribution < 1.29 is 29.0 Å². The van der Waals surface area contributed by atoms with Gasteiger partial charge in [0.15, 0.2) is 12.4 Å². The van der Waals surface area contributed by atoms with E-state index in [0.717, 1.165) is 9.71 Å². The molecule has 0 aliphatic carbocycles.